The van der Waals surface area contributed by atoms with Crippen molar-refractivity contribution in [1.29, 1.82) is 0 Å². The van der Waals surface area contributed by atoms with Gasteiger partial charge in [-0.2, -0.15) is 0 Å². The molecule has 2 heterocycles. The van der Waals surface area contributed by atoms with Crippen LogP contribution in [0.3, 0.4) is 0 Å². The monoisotopic (exact) mass is 301 g/mol. The van der Waals surface area contributed by atoms with Gasteiger partial charge in [0.25, 0.3) is 0 Å². The molecule has 0 radical (unpaired) electrons. The molecule has 7 heteroatoms. The molecule has 2 saturated heterocycles. The second kappa shape index (κ2) is 7.53. The number of likely N-dealkylation sites (tertiary alicyclic amines) is 1. The van der Waals surface area contributed by atoms with Gasteiger partial charge < -0.3 is 25.0 Å². The summed E-state index contributed by atoms with van der Waals surface area (Å²) in [5.41, 5.74) is -0.202. The molecule has 7 nitrogen and oxygen atoms in total. The molecule has 2 fully saturated rings. The van der Waals surface area contributed by atoms with E-state index < -0.39 is 11.9 Å². The molecule has 0 amide bonds. The number of rotatable bonds is 2. The molecule has 0 aromatic rings. The number of carboxylic acid groups (broad SMARTS) is 2. The van der Waals surface area contributed by atoms with E-state index in [4.69, 9.17) is 14.9 Å². The predicted molar refractivity (Wildman–Crippen MR) is 75.0 cm³/mol. The van der Waals surface area contributed by atoms with Gasteiger partial charge in [0.2, 0.25) is 0 Å². The minimum atomic E-state index is -1.26. The van der Waals surface area contributed by atoms with Crippen LogP contribution in [0, 0.1) is 0 Å². The van der Waals surface area contributed by atoms with Gasteiger partial charge in [0.1, 0.15) is 0 Å². The van der Waals surface area contributed by atoms with Gasteiger partial charge in [-0.25, -0.2) is 9.59 Å². The van der Waals surface area contributed by atoms with Crippen molar-refractivity contribution < 1.29 is 29.6 Å². The average Bonchev–Trinajstić information content (AvgIpc) is 2.66. The van der Waals surface area contributed by atoms with E-state index in [1.807, 2.05) is 0 Å². The maximum absolute atomic E-state index is 9.92. The van der Waals surface area contributed by atoms with Gasteiger partial charge in [-0.15, -0.1) is 0 Å². The molecular formula is C14H23NO6. The Morgan fingerprint density at radius 1 is 1.19 bits per heavy atom. The van der Waals surface area contributed by atoms with Gasteiger partial charge in [-0.1, -0.05) is 0 Å². The first kappa shape index (κ1) is 17.6. The lowest BCUT2D eigenvalue weighted by atomic mass is 9.86. The largest absolute Gasteiger partial charge is 0.478 e. The first-order valence-electron chi connectivity index (χ1n) is 6.93. The average molecular weight is 301 g/mol. The molecule has 0 saturated carbocycles. The van der Waals surface area contributed by atoms with E-state index in [2.05, 4.69) is 18.9 Å². The van der Waals surface area contributed by atoms with Gasteiger partial charge in [-0.3, -0.25) is 0 Å². The zero-order chi connectivity index (χ0) is 16.0. The molecule has 1 spiro atoms. The van der Waals surface area contributed by atoms with E-state index in [9.17, 15) is 14.7 Å². The summed E-state index contributed by atoms with van der Waals surface area (Å²) >= 11 is 0. The van der Waals surface area contributed by atoms with Gasteiger partial charge in [0.05, 0.1) is 17.8 Å². The molecule has 21 heavy (non-hydrogen) atoms. The van der Waals surface area contributed by atoms with E-state index in [1.165, 1.54) is 0 Å². The SMILES string of the molecule is CC1CC(O)C2(CCN(C)CC2)O1.O=C(O)C=CC(=O)O. The van der Waals surface area contributed by atoms with Crippen LogP contribution in [0.15, 0.2) is 12.2 Å². The summed E-state index contributed by atoms with van der Waals surface area (Å²) in [4.78, 5) is 21.4. The molecule has 0 aliphatic carbocycles. The molecule has 0 aromatic carbocycles. The lowest BCUT2D eigenvalue weighted by Gasteiger charge is -2.39. The molecular weight excluding hydrogens is 278 g/mol. The Bertz CT molecular complexity index is 384. The number of carbonyl (C=O) groups is 2. The Labute approximate surface area is 123 Å². The third kappa shape index (κ3) is 5.45. The molecule has 3 N–H and O–H groups in total. The fourth-order valence-electron chi connectivity index (χ4n) is 2.65. The highest BCUT2D eigenvalue weighted by Gasteiger charge is 2.47. The van der Waals surface area contributed by atoms with E-state index in [1.54, 1.807) is 0 Å². The van der Waals surface area contributed by atoms with E-state index in [-0.39, 0.29) is 17.8 Å². The normalized spacial score (nSPS) is 28.3. The maximum Gasteiger partial charge on any atom is 0.328 e. The molecule has 2 unspecified atom stereocenters. The lowest BCUT2D eigenvalue weighted by Crippen LogP contribution is -2.48. The van der Waals surface area contributed by atoms with Crippen molar-refractivity contribution in [3.05, 3.63) is 12.2 Å². The first-order valence-corrected chi connectivity index (χ1v) is 6.93. The van der Waals surface area contributed by atoms with Crippen LogP contribution in [-0.2, 0) is 14.3 Å². The minimum absolute atomic E-state index is 0.202. The summed E-state index contributed by atoms with van der Waals surface area (Å²) in [5, 5.41) is 25.5. The number of aliphatic carboxylic acids is 2. The van der Waals surface area contributed by atoms with E-state index >= 15 is 0 Å². The highest BCUT2D eigenvalue weighted by atomic mass is 16.5. The predicted octanol–water partition coefficient (Wildman–Crippen LogP) is 0.332. The molecule has 0 aromatic heterocycles. The summed E-state index contributed by atoms with van der Waals surface area (Å²) in [6.45, 7) is 4.14. The number of ether oxygens (including phenoxy) is 1. The number of piperidine rings is 1. The number of nitrogens with zero attached hydrogens (tertiary/aromatic N) is 1. The number of hydrogen-bond acceptors (Lipinski definition) is 5. The Morgan fingerprint density at radius 2 is 1.67 bits per heavy atom. The number of aliphatic hydroxyl groups excluding tert-OH is 1. The van der Waals surface area contributed by atoms with Crippen LogP contribution in [0.25, 0.3) is 0 Å². The summed E-state index contributed by atoms with van der Waals surface area (Å²) in [6, 6.07) is 0. The van der Waals surface area contributed by atoms with Crippen molar-refractivity contribution in [3.8, 4) is 0 Å². The summed E-state index contributed by atoms with van der Waals surface area (Å²) in [6.07, 6.45) is 3.88. The fourth-order valence-corrected chi connectivity index (χ4v) is 2.65. The highest BCUT2D eigenvalue weighted by molar-refractivity contribution is 5.89. The van der Waals surface area contributed by atoms with Gasteiger partial charge in [-0.05, 0) is 26.8 Å². The van der Waals surface area contributed by atoms with E-state index in [0.29, 0.717) is 12.2 Å². The van der Waals surface area contributed by atoms with Crippen molar-refractivity contribution in [2.45, 2.75) is 44.0 Å². The Hall–Kier alpha value is -1.44. The second-order valence-electron chi connectivity index (χ2n) is 5.56. The van der Waals surface area contributed by atoms with Crippen LogP contribution in [-0.4, -0.2) is 70.1 Å². The quantitative estimate of drug-likeness (QED) is 0.631. The summed E-state index contributed by atoms with van der Waals surface area (Å²) in [5.74, 6) is -2.51. The van der Waals surface area contributed by atoms with E-state index in [0.717, 1.165) is 32.4 Å². The smallest absolute Gasteiger partial charge is 0.328 e. The molecule has 0 bridgehead atoms. The Kier molecular flexibility index (Phi) is 6.32. The first-order chi connectivity index (χ1) is 9.75. The van der Waals surface area contributed by atoms with Gasteiger partial charge in [0, 0.05) is 31.7 Å². The van der Waals surface area contributed by atoms with Gasteiger partial charge in [0.15, 0.2) is 0 Å². The lowest BCUT2D eigenvalue weighted by molar-refractivity contribution is -0.134. The summed E-state index contributed by atoms with van der Waals surface area (Å²) < 4.78 is 5.87. The van der Waals surface area contributed by atoms with Crippen molar-refractivity contribution in [3.63, 3.8) is 0 Å². The maximum atomic E-state index is 9.92. The van der Waals surface area contributed by atoms with Crippen molar-refractivity contribution in [2.24, 2.45) is 0 Å². The highest BCUT2D eigenvalue weighted by Crippen LogP contribution is 2.38. The number of carboxylic acids is 2. The number of hydrogen-bond donors (Lipinski definition) is 3. The molecule has 2 rings (SSSR count). The van der Waals surface area contributed by atoms with Crippen LogP contribution < -0.4 is 0 Å². The van der Waals surface area contributed by atoms with Crippen LogP contribution in [0.4, 0.5) is 0 Å². The molecule has 2 aliphatic rings. The summed E-state index contributed by atoms with van der Waals surface area (Å²) in [7, 11) is 2.12. The van der Waals surface area contributed by atoms with Crippen LogP contribution in [0.2, 0.25) is 0 Å². The van der Waals surface area contributed by atoms with Gasteiger partial charge >= 0.3 is 11.9 Å². The zero-order valence-corrected chi connectivity index (χ0v) is 12.4. The van der Waals surface area contributed by atoms with Crippen molar-refractivity contribution in [2.75, 3.05) is 20.1 Å². The van der Waals surface area contributed by atoms with Crippen LogP contribution >= 0.6 is 0 Å². The third-order valence-electron chi connectivity index (χ3n) is 3.80. The second-order valence-corrected chi connectivity index (χ2v) is 5.56. The molecule has 2 aliphatic heterocycles. The molecule has 120 valence electrons. The third-order valence-corrected chi connectivity index (χ3v) is 3.80. The zero-order valence-electron chi connectivity index (χ0n) is 12.4. The van der Waals surface area contributed by atoms with Crippen molar-refractivity contribution >= 4 is 11.9 Å². The number of aliphatic hydroxyl groups is 1. The Balaban J connectivity index is 0.000000240. The van der Waals surface area contributed by atoms with Crippen LogP contribution in [0.5, 0.6) is 0 Å². The standard InChI is InChI=1S/C10H19NO2.C4H4O4/c1-8-7-9(12)10(13-8)3-5-11(2)6-4-10;5-3(6)1-2-4(7)8/h8-9,12H,3-7H2,1-2H3;1-2H,(H,5,6)(H,7,8). The Morgan fingerprint density at radius 3 is 2.00 bits per heavy atom. The topological polar surface area (TPSA) is 107 Å². The molecule has 2 atom stereocenters. The minimum Gasteiger partial charge on any atom is -0.478 e. The fraction of sp³-hybridized carbons (Fsp3) is 0.714. The van der Waals surface area contributed by atoms with Crippen LogP contribution in [0.1, 0.15) is 26.2 Å². The van der Waals surface area contributed by atoms with Crippen molar-refractivity contribution in [1.82, 2.24) is 4.90 Å².